The average Bonchev–Trinajstić information content (AvgIpc) is 1.96. The van der Waals surface area contributed by atoms with Gasteiger partial charge in [0.2, 0.25) is 0 Å². The van der Waals surface area contributed by atoms with Crippen LogP contribution in [0.1, 0.15) is 40.0 Å². The van der Waals surface area contributed by atoms with E-state index in [1.165, 1.54) is 6.42 Å². The van der Waals surface area contributed by atoms with Crippen molar-refractivity contribution in [1.82, 2.24) is 0 Å². The van der Waals surface area contributed by atoms with Crippen molar-refractivity contribution in [3.63, 3.8) is 0 Å². The normalized spacial score (nSPS) is 11.6. The zero-order valence-electron chi connectivity index (χ0n) is 11.0. The summed E-state index contributed by atoms with van der Waals surface area (Å²) in [5, 5.41) is 0.345. The molecule has 88 valence electrons. The zero-order chi connectivity index (χ0) is 10.5. The number of rotatable bonds is 5. The molecule has 15 heavy (non-hydrogen) atoms. The van der Waals surface area contributed by atoms with E-state index < -0.39 is 8.32 Å². The minimum atomic E-state index is -1.48. The Kier molecular flexibility index (Phi) is 13.7. The summed E-state index contributed by atoms with van der Waals surface area (Å²) in [6.45, 7) is 16.2. The van der Waals surface area contributed by atoms with Crippen LogP contribution >= 0.6 is 0 Å². The molecule has 1 nitrogen and oxygen atoms in total. The molecule has 0 heterocycles. The number of unbranched alkanes of at least 4 members (excludes halogenated alkanes) is 2. The molecule has 0 rings (SSSR count). The van der Waals surface area contributed by atoms with Crippen LogP contribution in [0.4, 0.5) is 0 Å². The molecule has 4 heteroatoms. The van der Waals surface area contributed by atoms with E-state index in [2.05, 4.69) is 40.8 Å². The molecule has 0 atom stereocenters. The first-order valence-electron chi connectivity index (χ1n) is 5.24. The molecule has 0 aromatic heterocycles. The summed E-state index contributed by atoms with van der Waals surface area (Å²) in [6.07, 6.45) is 3.38. The first-order valence-corrected chi connectivity index (χ1v) is 8.15. The Hall–Kier alpha value is 1.42. The molecule has 0 unspecified atom stereocenters. The molecule has 0 amide bonds. The van der Waals surface area contributed by atoms with Gasteiger partial charge in [0.05, 0.1) is 0 Å². The topological polar surface area (TPSA) is 9.23 Å². The molecule has 0 N–H and O–H groups in total. The number of halogens is 1. The van der Waals surface area contributed by atoms with E-state index in [4.69, 9.17) is 4.43 Å². The first kappa shape index (κ1) is 21.7. The van der Waals surface area contributed by atoms with Gasteiger partial charge < -0.3 is 28.3 Å². The molecule has 0 saturated heterocycles. The zero-order valence-corrected chi connectivity index (χ0v) is 15.0. The van der Waals surface area contributed by atoms with Gasteiger partial charge in [0.1, 0.15) is 0 Å². The second kappa shape index (κ2) is 9.45. The van der Waals surface area contributed by atoms with Gasteiger partial charge in [-0.15, -0.1) is 0 Å². The molecule has 0 spiro atoms. The third-order valence-corrected chi connectivity index (χ3v) is 7.45. The van der Waals surface area contributed by atoms with Crippen molar-refractivity contribution in [2.75, 3.05) is 6.61 Å². The fourth-order valence-electron chi connectivity index (χ4n) is 0.823. The predicted octanol–water partition coefficient (Wildman–Crippen LogP) is 0.636. The van der Waals surface area contributed by atoms with Crippen molar-refractivity contribution < 1.29 is 21.4 Å². The van der Waals surface area contributed by atoms with Crippen molar-refractivity contribution in [3.05, 3.63) is 6.92 Å². The van der Waals surface area contributed by atoms with Gasteiger partial charge in [-0.05, 0) is 24.6 Å². The number of hydrogen-bond donors (Lipinski definition) is 0. The van der Waals surface area contributed by atoms with Gasteiger partial charge in [0.15, 0.2) is 8.32 Å². The summed E-state index contributed by atoms with van der Waals surface area (Å²) in [5.74, 6) is 0. The third kappa shape index (κ3) is 9.15. The predicted molar refractivity (Wildman–Crippen MR) is 68.1 cm³/mol. The Labute approximate surface area is 124 Å². The summed E-state index contributed by atoms with van der Waals surface area (Å²) in [7, 11) is -1.48. The van der Waals surface area contributed by atoms with Gasteiger partial charge in [-0.25, -0.2) is 0 Å². The average molecular weight is 306 g/mol. The number of hydrogen-bond acceptors (Lipinski definition) is 1. The summed E-state index contributed by atoms with van der Waals surface area (Å²) in [4.78, 5) is 0. The molecule has 0 aromatic carbocycles. The Morgan fingerprint density at radius 1 is 1.13 bits per heavy atom. The van der Waals surface area contributed by atoms with Crippen LogP contribution in [0.5, 0.6) is 0 Å². The molecule has 0 aromatic rings. The molecular weight excluding hydrogens is 280 g/mol. The summed E-state index contributed by atoms with van der Waals surface area (Å²) < 4.78 is 6.01. The van der Waals surface area contributed by atoms with Crippen LogP contribution in [0.25, 0.3) is 0 Å². The maximum atomic E-state index is 6.01. The fraction of sp³-hybridized carbons (Fsp3) is 0.909. The summed E-state index contributed by atoms with van der Waals surface area (Å²) >= 11 is 0. The first-order chi connectivity index (χ1) is 5.81. The van der Waals surface area contributed by atoms with Crippen LogP contribution in [0.3, 0.4) is 0 Å². The van der Waals surface area contributed by atoms with E-state index in [0.29, 0.717) is 5.04 Å². The minimum absolute atomic E-state index is 0. The van der Waals surface area contributed by atoms with Crippen LogP contribution in [-0.2, 0) is 4.43 Å². The van der Waals surface area contributed by atoms with Crippen LogP contribution in [0.15, 0.2) is 0 Å². The van der Waals surface area contributed by atoms with Crippen molar-refractivity contribution >= 4 is 31.4 Å². The fourth-order valence-corrected chi connectivity index (χ4v) is 1.91. The smallest absolute Gasteiger partial charge is 1.00 e. The van der Waals surface area contributed by atoms with Crippen LogP contribution in [0, 0.1) is 6.92 Å². The second-order valence-electron chi connectivity index (χ2n) is 5.17. The second-order valence-corrected chi connectivity index (χ2v) is 9.98. The monoisotopic (exact) mass is 304 g/mol. The Balaban J connectivity index is -0.000000720. The molecule has 0 aliphatic rings. The Morgan fingerprint density at radius 2 is 1.60 bits per heavy atom. The van der Waals surface area contributed by atoms with Gasteiger partial charge in [-0.2, -0.15) is 6.42 Å². The standard InChI is InChI=1S/C11H25OSi.BrH.Mg/c1-7-8-9-10-12-13(5,6)11(2,3)4;;/h1,7-10H2,2-6H3;1H;/q-1;;+2/p-1. The van der Waals surface area contributed by atoms with Gasteiger partial charge >= 0.3 is 23.1 Å². The summed E-state index contributed by atoms with van der Waals surface area (Å²) in [6, 6.07) is 0. The van der Waals surface area contributed by atoms with Gasteiger partial charge in [-0.1, -0.05) is 27.2 Å². The third-order valence-electron chi connectivity index (χ3n) is 2.91. The maximum Gasteiger partial charge on any atom is 2.00 e. The largest absolute Gasteiger partial charge is 2.00 e. The van der Waals surface area contributed by atoms with Gasteiger partial charge in [-0.3, -0.25) is 0 Å². The van der Waals surface area contributed by atoms with Gasteiger partial charge in [0, 0.05) is 6.61 Å². The van der Waals surface area contributed by atoms with Crippen LogP contribution < -0.4 is 17.0 Å². The van der Waals surface area contributed by atoms with Crippen LogP contribution in [0.2, 0.25) is 18.1 Å². The van der Waals surface area contributed by atoms with Crippen molar-refractivity contribution in [1.29, 1.82) is 0 Å². The van der Waals surface area contributed by atoms with Crippen molar-refractivity contribution in [2.45, 2.75) is 58.2 Å². The van der Waals surface area contributed by atoms with E-state index in [1.807, 2.05) is 0 Å². The Morgan fingerprint density at radius 3 is 1.93 bits per heavy atom. The van der Waals surface area contributed by atoms with E-state index in [-0.39, 0.29) is 40.0 Å². The SMILES string of the molecule is [Br-].[CH2-]CCCCO[Si](C)(C)C(C)(C)C.[Mg+2]. The Bertz CT molecular complexity index is 146. The quantitative estimate of drug-likeness (QED) is 0.411. The maximum absolute atomic E-state index is 6.01. The molecule has 0 radical (unpaired) electrons. The van der Waals surface area contributed by atoms with Crippen molar-refractivity contribution in [3.8, 4) is 0 Å². The molecule has 0 aliphatic carbocycles. The van der Waals surface area contributed by atoms with Gasteiger partial charge in [0.25, 0.3) is 0 Å². The molecule has 0 saturated carbocycles. The minimum Gasteiger partial charge on any atom is -1.00 e. The molecule has 0 bridgehead atoms. The molecule has 0 fully saturated rings. The molecular formula is C11H25BrMgOSi. The van der Waals surface area contributed by atoms with E-state index in [1.54, 1.807) is 0 Å². The molecule has 0 aliphatic heterocycles. The van der Waals surface area contributed by atoms with Crippen LogP contribution in [-0.4, -0.2) is 38.0 Å². The van der Waals surface area contributed by atoms with E-state index in [9.17, 15) is 0 Å². The van der Waals surface area contributed by atoms with E-state index in [0.717, 1.165) is 19.4 Å². The van der Waals surface area contributed by atoms with Crippen molar-refractivity contribution in [2.24, 2.45) is 0 Å². The summed E-state index contributed by atoms with van der Waals surface area (Å²) in [5.41, 5.74) is 0. The van der Waals surface area contributed by atoms with E-state index >= 15 is 0 Å².